The molecule has 0 amide bonds. The van der Waals surface area contributed by atoms with Crippen LogP contribution in [0.5, 0.6) is 0 Å². The van der Waals surface area contributed by atoms with E-state index in [0.717, 1.165) is 0 Å². The SMILES string of the molecule is C.C1CC1.C1CC1.C1CC1.C1CC1.C1CC1.C1CC1.C1CC1. The Morgan fingerprint density at radius 1 is 0.136 bits per heavy atom. The van der Waals surface area contributed by atoms with Gasteiger partial charge in [-0.1, -0.05) is 142 Å². The van der Waals surface area contributed by atoms with Crippen LogP contribution in [0.1, 0.15) is 142 Å². The second kappa shape index (κ2) is 19.0. The summed E-state index contributed by atoms with van der Waals surface area (Å²) in [4.78, 5) is 0. The molecule has 0 spiro atoms. The lowest BCUT2D eigenvalue weighted by atomic mass is 11.0. The molecule has 0 heterocycles. The van der Waals surface area contributed by atoms with E-state index in [-0.39, 0.29) is 7.43 Å². The van der Waals surface area contributed by atoms with Gasteiger partial charge in [-0.15, -0.1) is 0 Å². The van der Waals surface area contributed by atoms with E-state index < -0.39 is 0 Å². The zero-order valence-corrected chi connectivity index (χ0v) is 14.8. The van der Waals surface area contributed by atoms with Crippen LogP contribution in [0.15, 0.2) is 0 Å². The van der Waals surface area contributed by atoms with Crippen molar-refractivity contribution in [1.29, 1.82) is 0 Å². The minimum atomic E-state index is 0. The molecule has 0 bridgehead atoms. The zero-order valence-electron chi connectivity index (χ0n) is 14.8. The molecule has 0 aromatic heterocycles. The van der Waals surface area contributed by atoms with E-state index in [1.165, 1.54) is 135 Å². The Bertz CT molecular complexity index is 92.2. The molecule has 0 saturated heterocycles. The van der Waals surface area contributed by atoms with Crippen LogP contribution >= 0.6 is 0 Å². The van der Waals surface area contributed by atoms with Crippen molar-refractivity contribution >= 4 is 0 Å². The summed E-state index contributed by atoms with van der Waals surface area (Å²) in [5.74, 6) is 0. The Kier molecular flexibility index (Phi) is 19.0. The van der Waals surface area contributed by atoms with Crippen molar-refractivity contribution in [3.63, 3.8) is 0 Å². The second-order valence-electron chi connectivity index (χ2n) is 7.42. The smallest absolute Gasteiger partial charge is 0.0533 e. The molecular weight excluding hydrogens is 264 g/mol. The summed E-state index contributed by atoms with van der Waals surface area (Å²) >= 11 is 0. The molecule has 7 saturated carbocycles. The Balaban J connectivity index is 0.000000232. The standard InChI is InChI=1S/7C3H6.CH4/c7*1-2-3-1;/h7*1-3H2;1H4. The fraction of sp³-hybridized carbons (Fsp3) is 1.00. The van der Waals surface area contributed by atoms with E-state index in [2.05, 4.69) is 0 Å². The highest BCUT2D eigenvalue weighted by Gasteiger charge is 1.96. The van der Waals surface area contributed by atoms with Crippen LogP contribution in [0.25, 0.3) is 0 Å². The Morgan fingerprint density at radius 2 is 0.182 bits per heavy atom. The highest BCUT2D eigenvalue weighted by molar-refractivity contribution is 4.52. The second-order valence-corrected chi connectivity index (χ2v) is 7.42. The molecule has 22 heavy (non-hydrogen) atoms. The van der Waals surface area contributed by atoms with E-state index in [9.17, 15) is 0 Å². The first-order valence-electron chi connectivity index (χ1n) is 10.5. The van der Waals surface area contributed by atoms with Gasteiger partial charge in [0.15, 0.2) is 0 Å². The van der Waals surface area contributed by atoms with Gasteiger partial charge in [0, 0.05) is 0 Å². The molecule has 0 aromatic carbocycles. The molecule has 7 rings (SSSR count). The van der Waals surface area contributed by atoms with Crippen LogP contribution < -0.4 is 0 Å². The number of rotatable bonds is 0. The molecule has 0 heteroatoms. The summed E-state index contributed by atoms with van der Waals surface area (Å²) in [6.07, 6.45) is 31.5. The maximum atomic E-state index is 1.50. The first kappa shape index (κ1) is 22.0. The zero-order chi connectivity index (χ0) is 14.8. The fourth-order valence-electron chi connectivity index (χ4n) is 0. The van der Waals surface area contributed by atoms with Gasteiger partial charge in [0.1, 0.15) is 0 Å². The predicted molar refractivity (Wildman–Crippen MR) is 104 cm³/mol. The van der Waals surface area contributed by atoms with Gasteiger partial charge in [-0.05, 0) is 0 Å². The third kappa shape index (κ3) is 147. The normalized spacial score (nSPS) is 22.9. The summed E-state index contributed by atoms with van der Waals surface area (Å²) in [6, 6.07) is 0. The maximum Gasteiger partial charge on any atom is -0.0533 e. The number of hydrogen-bond donors (Lipinski definition) is 0. The average molecular weight is 311 g/mol. The minimum absolute atomic E-state index is 0. The van der Waals surface area contributed by atoms with Gasteiger partial charge in [0.05, 0.1) is 0 Å². The molecule has 0 aromatic rings. The van der Waals surface area contributed by atoms with Gasteiger partial charge in [0.2, 0.25) is 0 Å². The van der Waals surface area contributed by atoms with Crippen molar-refractivity contribution in [1.82, 2.24) is 0 Å². The molecule has 7 aliphatic rings. The third-order valence-corrected chi connectivity index (χ3v) is 2.47. The summed E-state index contributed by atoms with van der Waals surface area (Å²) in [5, 5.41) is 0. The third-order valence-electron chi connectivity index (χ3n) is 2.47. The first-order chi connectivity index (χ1) is 10.5. The van der Waals surface area contributed by atoms with Crippen molar-refractivity contribution in [3.05, 3.63) is 0 Å². The lowest BCUT2D eigenvalue weighted by Crippen LogP contribution is -0.856. The Hall–Kier alpha value is 0. The van der Waals surface area contributed by atoms with Crippen molar-refractivity contribution in [2.45, 2.75) is 142 Å². The molecule has 0 nitrogen and oxygen atoms in total. The Morgan fingerprint density at radius 3 is 0.182 bits per heavy atom. The summed E-state index contributed by atoms with van der Waals surface area (Å²) in [6.45, 7) is 0. The van der Waals surface area contributed by atoms with E-state index in [1.54, 1.807) is 0 Å². The van der Waals surface area contributed by atoms with E-state index >= 15 is 0 Å². The van der Waals surface area contributed by atoms with Crippen molar-refractivity contribution in [2.75, 3.05) is 0 Å². The van der Waals surface area contributed by atoms with Gasteiger partial charge in [-0.25, -0.2) is 0 Å². The van der Waals surface area contributed by atoms with Crippen LogP contribution in [0, 0.1) is 0 Å². The van der Waals surface area contributed by atoms with Gasteiger partial charge < -0.3 is 0 Å². The molecule has 7 aliphatic carbocycles. The monoisotopic (exact) mass is 310 g/mol. The molecule has 0 unspecified atom stereocenters. The summed E-state index contributed by atoms with van der Waals surface area (Å²) < 4.78 is 0. The van der Waals surface area contributed by atoms with Gasteiger partial charge in [-0.2, -0.15) is 0 Å². The van der Waals surface area contributed by atoms with Crippen LogP contribution in [0.3, 0.4) is 0 Å². The highest BCUT2D eigenvalue weighted by Crippen LogP contribution is 2.16. The molecule has 7 fully saturated rings. The van der Waals surface area contributed by atoms with Crippen molar-refractivity contribution < 1.29 is 0 Å². The van der Waals surface area contributed by atoms with E-state index in [0.29, 0.717) is 0 Å². The van der Waals surface area contributed by atoms with Gasteiger partial charge in [0.25, 0.3) is 0 Å². The Labute approximate surface area is 142 Å². The molecule has 0 N–H and O–H groups in total. The van der Waals surface area contributed by atoms with Crippen LogP contribution in [-0.4, -0.2) is 0 Å². The molecule has 0 radical (unpaired) electrons. The first-order valence-corrected chi connectivity index (χ1v) is 10.5. The van der Waals surface area contributed by atoms with E-state index in [1.807, 2.05) is 0 Å². The molecule has 134 valence electrons. The van der Waals surface area contributed by atoms with Crippen molar-refractivity contribution in [3.8, 4) is 0 Å². The van der Waals surface area contributed by atoms with Gasteiger partial charge in [-0.3, -0.25) is 0 Å². The molecule has 0 atom stereocenters. The maximum absolute atomic E-state index is 1.50. The number of hydrogen-bond acceptors (Lipinski definition) is 0. The predicted octanol–water partition coefficient (Wildman–Crippen LogP) is 8.83. The molecular formula is C22H46. The summed E-state index contributed by atoms with van der Waals surface area (Å²) in [5.41, 5.74) is 0. The van der Waals surface area contributed by atoms with E-state index in [4.69, 9.17) is 0 Å². The lowest BCUT2D eigenvalue weighted by molar-refractivity contribution is 1.50. The van der Waals surface area contributed by atoms with Crippen LogP contribution in [-0.2, 0) is 0 Å². The summed E-state index contributed by atoms with van der Waals surface area (Å²) in [7, 11) is 0. The minimum Gasteiger partial charge on any atom is -0.0776 e. The van der Waals surface area contributed by atoms with Gasteiger partial charge >= 0.3 is 0 Å². The van der Waals surface area contributed by atoms with Crippen LogP contribution in [0.2, 0.25) is 0 Å². The average Bonchev–Trinajstić information content (AvgIpc) is 3.42. The lowest BCUT2D eigenvalue weighted by Gasteiger charge is -1.05. The van der Waals surface area contributed by atoms with Crippen LogP contribution in [0.4, 0.5) is 0 Å². The quantitative estimate of drug-likeness (QED) is 0.419. The highest BCUT2D eigenvalue weighted by atomic mass is 14.0. The fourth-order valence-corrected chi connectivity index (χ4v) is 0. The topological polar surface area (TPSA) is 0 Å². The largest absolute Gasteiger partial charge is 0.0776 e. The van der Waals surface area contributed by atoms with Crippen molar-refractivity contribution in [2.24, 2.45) is 0 Å². The molecule has 0 aliphatic heterocycles.